The number of hydrogen-bond donors (Lipinski definition) is 2. The van der Waals surface area contributed by atoms with Crippen LogP contribution in [0, 0.1) is 10.7 Å². The third-order valence-corrected chi connectivity index (χ3v) is 2.70. The Kier molecular flexibility index (Phi) is 3.40. The van der Waals surface area contributed by atoms with Gasteiger partial charge in [-0.1, -0.05) is 5.11 Å². The molecular weight excluding hydrogens is 256 g/mol. The summed E-state index contributed by atoms with van der Waals surface area (Å²) in [7, 11) is 0. The maximum atomic E-state index is 11.8. The van der Waals surface area contributed by atoms with Crippen LogP contribution in [0.3, 0.4) is 0 Å². The zero-order valence-corrected chi connectivity index (χ0v) is 10.1. The van der Waals surface area contributed by atoms with E-state index in [9.17, 15) is 4.79 Å². The Morgan fingerprint density at radius 3 is 3.11 bits per heavy atom. The van der Waals surface area contributed by atoms with Crippen molar-refractivity contribution in [2.24, 2.45) is 11.0 Å². The highest BCUT2D eigenvalue weighted by Gasteiger charge is 2.31. The van der Waals surface area contributed by atoms with Gasteiger partial charge in [0.1, 0.15) is 0 Å². The van der Waals surface area contributed by atoms with Gasteiger partial charge < -0.3 is 5.73 Å². The molecule has 0 aliphatic carbocycles. The summed E-state index contributed by atoms with van der Waals surface area (Å²) in [6.07, 6.45) is 0.309. The number of nitrogen functional groups attached to an aromatic ring is 1. The van der Waals surface area contributed by atoms with Crippen molar-refractivity contribution in [3.63, 3.8) is 0 Å². The lowest BCUT2D eigenvalue weighted by Gasteiger charge is -2.14. The van der Waals surface area contributed by atoms with E-state index in [0.717, 1.165) is 0 Å². The number of aromatic amines is 1. The van der Waals surface area contributed by atoms with Crippen LogP contribution in [0.25, 0.3) is 10.4 Å². The van der Waals surface area contributed by atoms with Crippen LogP contribution < -0.4 is 10.6 Å². The first kappa shape index (κ1) is 12.3. The maximum Gasteiger partial charge on any atom is 0.229 e. The number of nitrogens with one attached hydrogen (secondary N) is 1. The van der Waals surface area contributed by atoms with Crippen LogP contribution in [-0.2, 0) is 4.79 Å². The van der Waals surface area contributed by atoms with Gasteiger partial charge in [-0.25, -0.2) is 0 Å². The van der Waals surface area contributed by atoms with Gasteiger partial charge in [-0.05, 0) is 23.7 Å². The summed E-state index contributed by atoms with van der Waals surface area (Å²) in [5.41, 5.74) is 13.8. The van der Waals surface area contributed by atoms with E-state index in [1.54, 1.807) is 0 Å². The molecule has 0 bridgehead atoms. The molecule has 3 N–H and O–H groups in total. The van der Waals surface area contributed by atoms with Gasteiger partial charge in [-0.15, -0.1) is 0 Å². The second-order valence-electron chi connectivity index (χ2n) is 3.83. The molecule has 0 saturated carbocycles. The Bertz CT molecular complexity index is 577. The van der Waals surface area contributed by atoms with Crippen LogP contribution in [0.2, 0.25) is 0 Å². The molecular formula is C8H10N8OS. The van der Waals surface area contributed by atoms with Gasteiger partial charge in [0.25, 0.3) is 0 Å². The van der Waals surface area contributed by atoms with Crippen LogP contribution in [0.15, 0.2) is 5.11 Å². The Balaban J connectivity index is 2.21. The van der Waals surface area contributed by atoms with Crippen LogP contribution in [0.5, 0.6) is 0 Å². The quantitative estimate of drug-likeness (QED) is 0.360. The Morgan fingerprint density at radius 1 is 1.67 bits per heavy atom. The molecule has 0 radical (unpaired) electrons. The zero-order chi connectivity index (χ0) is 13.1. The lowest BCUT2D eigenvalue weighted by Crippen LogP contribution is -2.27. The third kappa shape index (κ3) is 2.55. The lowest BCUT2D eigenvalue weighted by molar-refractivity contribution is -0.117. The molecule has 1 amide bonds. The number of aromatic nitrogens is 3. The van der Waals surface area contributed by atoms with Gasteiger partial charge in [0.15, 0.2) is 0 Å². The summed E-state index contributed by atoms with van der Waals surface area (Å²) >= 11 is 4.83. The van der Waals surface area contributed by atoms with E-state index in [0.29, 0.717) is 13.0 Å². The Hall–Kier alpha value is -2.19. The van der Waals surface area contributed by atoms with Crippen molar-refractivity contribution in [2.45, 2.75) is 6.42 Å². The molecule has 10 heteroatoms. The number of hydrogen-bond acceptors (Lipinski definition) is 6. The molecule has 1 atom stereocenters. The normalized spacial score (nSPS) is 18.8. The fraction of sp³-hybridized carbons (Fsp3) is 0.500. The number of nitrogens with zero attached hydrogens (tertiary/aromatic N) is 6. The molecule has 1 aliphatic heterocycles. The molecule has 2 rings (SSSR count). The SMILES string of the molecule is [N-]=[N+]=NCC1CC(=O)N(c2nc(=S)nc(N)[nH]2)C1. The minimum atomic E-state index is -0.114. The maximum absolute atomic E-state index is 11.8. The number of nitrogens with two attached hydrogens (primary N) is 1. The Morgan fingerprint density at radius 2 is 2.44 bits per heavy atom. The van der Waals surface area contributed by atoms with Gasteiger partial charge in [0, 0.05) is 24.4 Å². The molecule has 0 spiro atoms. The van der Waals surface area contributed by atoms with Crippen molar-refractivity contribution in [2.75, 3.05) is 23.7 Å². The van der Waals surface area contributed by atoms with E-state index in [2.05, 4.69) is 25.0 Å². The first-order valence-electron chi connectivity index (χ1n) is 5.15. The Labute approximate surface area is 107 Å². The molecule has 94 valence electrons. The smallest absolute Gasteiger partial charge is 0.229 e. The second kappa shape index (κ2) is 4.98. The van der Waals surface area contributed by atoms with Crippen molar-refractivity contribution < 1.29 is 4.79 Å². The highest BCUT2D eigenvalue weighted by Crippen LogP contribution is 2.22. The number of rotatable bonds is 3. The molecule has 9 nitrogen and oxygen atoms in total. The average Bonchev–Trinajstić information content (AvgIpc) is 2.66. The van der Waals surface area contributed by atoms with Gasteiger partial charge in [-0.2, -0.15) is 9.97 Å². The second-order valence-corrected chi connectivity index (χ2v) is 4.19. The van der Waals surface area contributed by atoms with Crippen molar-refractivity contribution in [1.82, 2.24) is 15.0 Å². The van der Waals surface area contributed by atoms with Crippen molar-refractivity contribution in [3.05, 3.63) is 15.2 Å². The summed E-state index contributed by atoms with van der Waals surface area (Å²) in [5.74, 6) is 0.251. The van der Waals surface area contributed by atoms with Gasteiger partial charge in [0.05, 0.1) is 0 Å². The van der Waals surface area contributed by atoms with Crippen LogP contribution in [-0.4, -0.2) is 33.9 Å². The number of anilines is 2. The van der Waals surface area contributed by atoms with E-state index in [1.165, 1.54) is 4.90 Å². The van der Waals surface area contributed by atoms with Crippen molar-refractivity contribution in [1.29, 1.82) is 0 Å². The molecule has 2 heterocycles. The van der Waals surface area contributed by atoms with E-state index in [-0.39, 0.29) is 35.0 Å². The van der Waals surface area contributed by atoms with Crippen LogP contribution >= 0.6 is 12.2 Å². The topological polar surface area (TPSA) is 137 Å². The van der Waals surface area contributed by atoms with Gasteiger partial charge in [0.2, 0.25) is 22.6 Å². The minimum Gasteiger partial charge on any atom is -0.369 e. The van der Waals surface area contributed by atoms with Crippen LogP contribution in [0.1, 0.15) is 6.42 Å². The highest BCUT2D eigenvalue weighted by molar-refractivity contribution is 7.71. The first-order valence-corrected chi connectivity index (χ1v) is 5.56. The molecule has 18 heavy (non-hydrogen) atoms. The summed E-state index contributed by atoms with van der Waals surface area (Å²) in [6, 6.07) is 0. The molecule has 1 unspecified atom stereocenters. The third-order valence-electron chi connectivity index (χ3n) is 2.52. The molecule has 1 aliphatic rings. The van der Waals surface area contributed by atoms with Crippen LogP contribution in [0.4, 0.5) is 11.9 Å². The van der Waals surface area contributed by atoms with Crippen molar-refractivity contribution >= 4 is 30.0 Å². The summed E-state index contributed by atoms with van der Waals surface area (Å²) in [6.45, 7) is 0.694. The summed E-state index contributed by atoms with van der Waals surface area (Å²) < 4.78 is 0.0764. The van der Waals surface area contributed by atoms with E-state index in [1.807, 2.05) is 0 Å². The van der Waals surface area contributed by atoms with Gasteiger partial charge >= 0.3 is 0 Å². The molecule has 1 aromatic heterocycles. The lowest BCUT2D eigenvalue weighted by atomic mass is 10.1. The largest absolute Gasteiger partial charge is 0.369 e. The number of H-pyrrole nitrogens is 1. The predicted molar refractivity (Wildman–Crippen MR) is 66.1 cm³/mol. The zero-order valence-electron chi connectivity index (χ0n) is 9.28. The number of azide groups is 1. The summed E-state index contributed by atoms with van der Waals surface area (Å²) in [4.78, 5) is 26.3. The predicted octanol–water partition coefficient (Wildman–Crippen LogP) is 0.780. The van der Waals surface area contributed by atoms with Crippen molar-refractivity contribution in [3.8, 4) is 0 Å². The number of carbonyl (C=O) groups is 1. The number of carbonyl (C=O) groups excluding carboxylic acids is 1. The van der Waals surface area contributed by atoms with E-state index in [4.69, 9.17) is 23.5 Å². The molecule has 1 fully saturated rings. The fourth-order valence-electron chi connectivity index (χ4n) is 1.78. The molecule has 0 aromatic carbocycles. The summed E-state index contributed by atoms with van der Waals surface area (Å²) in [5, 5.41) is 3.46. The standard InChI is InChI=1S/C8H10N8OS/c9-6-12-7(14-8(18)13-6)16-3-4(1-5(16)17)2-11-15-10/h4H,1-3H2,(H3,9,12,13,14,18). The van der Waals surface area contributed by atoms with E-state index < -0.39 is 0 Å². The molecule has 1 saturated heterocycles. The number of amides is 1. The molecule has 1 aromatic rings. The van der Waals surface area contributed by atoms with Gasteiger partial charge in [-0.3, -0.25) is 14.7 Å². The van der Waals surface area contributed by atoms with E-state index >= 15 is 0 Å². The minimum absolute atomic E-state index is 0.0217. The fourth-order valence-corrected chi connectivity index (χ4v) is 1.96. The average molecular weight is 266 g/mol. The first-order chi connectivity index (χ1) is 8.60. The highest BCUT2D eigenvalue weighted by atomic mass is 32.1. The monoisotopic (exact) mass is 266 g/mol.